The zero-order valence-electron chi connectivity index (χ0n) is 18.2. The number of nitrogens with one attached hydrogen (secondary N) is 2. The van der Waals surface area contributed by atoms with Crippen LogP contribution < -0.4 is 10.6 Å². The molecule has 5 nitrogen and oxygen atoms in total. The van der Waals surface area contributed by atoms with E-state index in [-0.39, 0.29) is 23.7 Å². The van der Waals surface area contributed by atoms with Gasteiger partial charge in [-0.3, -0.25) is 4.79 Å². The molecule has 30 heavy (non-hydrogen) atoms. The van der Waals surface area contributed by atoms with Crippen LogP contribution in [-0.2, 0) is 4.79 Å². The van der Waals surface area contributed by atoms with Crippen LogP contribution in [0.5, 0.6) is 0 Å². The van der Waals surface area contributed by atoms with Crippen LogP contribution in [0.25, 0.3) is 0 Å². The summed E-state index contributed by atoms with van der Waals surface area (Å²) >= 11 is 0. The van der Waals surface area contributed by atoms with Gasteiger partial charge < -0.3 is 15.5 Å². The van der Waals surface area contributed by atoms with E-state index in [4.69, 9.17) is 0 Å². The summed E-state index contributed by atoms with van der Waals surface area (Å²) in [4.78, 5) is 26.7. The van der Waals surface area contributed by atoms with Crippen LogP contribution >= 0.6 is 0 Å². The fourth-order valence-electron chi connectivity index (χ4n) is 4.67. The first kappa shape index (κ1) is 22.6. The first-order valence-corrected chi connectivity index (χ1v) is 11.6. The third kappa shape index (κ3) is 6.71. The maximum Gasteiger partial charge on any atom is 0.321 e. The summed E-state index contributed by atoms with van der Waals surface area (Å²) in [5.41, 5.74) is 0.597. The van der Waals surface area contributed by atoms with E-state index in [9.17, 15) is 14.0 Å². The fourth-order valence-corrected chi connectivity index (χ4v) is 4.67. The third-order valence-corrected chi connectivity index (χ3v) is 6.75. The van der Waals surface area contributed by atoms with Crippen molar-refractivity contribution in [1.29, 1.82) is 0 Å². The molecule has 3 amide bonds. The Balaban J connectivity index is 1.32. The van der Waals surface area contributed by atoms with Gasteiger partial charge in [-0.05, 0) is 74.6 Å². The lowest BCUT2D eigenvalue weighted by atomic mass is 9.79. The predicted molar refractivity (Wildman–Crippen MR) is 118 cm³/mol. The summed E-state index contributed by atoms with van der Waals surface area (Å²) in [5.74, 6) is 1.33. The van der Waals surface area contributed by atoms with Crippen molar-refractivity contribution in [3.8, 4) is 0 Å². The van der Waals surface area contributed by atoms with Gasteiger partial charge in [0.2, 0.25) is 5.91 Å². The molecule has 1 heterocycles. The van der Waals surface area contributed by atoms with Crippen molar-refractivity contribution < 1.29 is 14.0 Å². The molecule has 0 atom stereocenters. The van der Waals surface area contributed by atoms with Crippen molar-refractivity contribution in [3.05, 3.63) is 30.1 Å². The van der Waals surface area contributed by atoms with Gasteiger partial charge in [0.25, 0.3) is 0 Å². The van der Waals surface area contributed by atoms with Gasteiger partial charge in [0, 0.05) is 31.2 Å². The molecule has 166 valence electrons. The zero-order chi connectivity index (χ0) is 21.3. The maximum atomic E-state index is 13.0. The average Bonchev–Trinajstić information content (AvgIpc) is 2.78. The highest BCUT2D eigenvalue weighted by atomic mass is 19.1. The molecule has 1 aliphatic carbocycles. The van der Waals surface area contributed by atoms with Crippen molar-refractivity contribution >= 4 is 17.6 Å². The van der Waals surface area contributed by atoms with Gasteiger partial charge in [-0.15, -0.1) is 0 Å². The third-order valence-electron chi connectivity index (χ3n) is 6.75. The highest BCUT2D eigenvalue weighted by Gasteiger charge is 2.27. The minimum atomic E-state index is -0.319. The lowest BCUT2D eigenvalue weighted by Gasteiger charge is -2.33. The molecule has 2 fully saturated rings. The van der Waals surface area contributed by atoms with Crippen molar-refractivity contribution in [1.82, 2.24) is 10.2 Å². The summed E-state index contributed by atoms with van der Waals surface area (Å²) in [6, 6.07) is 5.65. The molecular weight excluding hydrogens is 381 g/mol. The van der Waals surface area contributed by atoms with Gasteiger partial charge in [-0.25, -0.2) is 9.18 Å². The van der Waals surface area contributed by atoms with Crippen LogP contribution in [0, 0.1) is 23.6 Å². The molecule has 1 aliphatic heterocycles. The summed E-state index contributed by atoms with van der Waals surface area (Å²) in [6.45, 7) is 4.30. The molecule has 1 saturated carbocycles. The van der Waals surface area contributed by atoms with E-state index in [2.05, 4.69) is 17.6 Å². The molecule has 1 aromatic rings. The van der Waals surface area contributed by atoms with Crippen molar-refractivity contribution in [2.75, 3.05) is 25.0 Å². The Hall–Kier alpha value is -2.11. The SMILES string of the molecule is CCCCC1CCC(C(=O)NCC2CCN(C(=O)Nc3ccc(F)cc3)CC2)CC1. The van der Waals surface area contributed by atoms with Crippen LogP contribution in [0.4, 0.5) is 14.9 Å². The van der Waals surface area contributed by atoms with Gasteiger partial charge in [0.15, 0.2) is 0 Å². The topological polar surface area (TPSA) is 61.4 Å². The Morgan fingerprint density at radius 1 is 1.00 bits per heavy atom. The second kappa shape index (κ2) is 11.3. The summed E-state index contributed by atoms with van der Waals surface area (Å²) in [6.07, 6.45) is 10.1. The van der Waals surface area contributed by atoms with E-state index >= 15 is 0 Å². The van der Waals surface area contributed by atoms with Gasteiger partial charge >= 0.3 is 6.03 Å². The Labute approximate surface area is 179 Å². The van der Waals surface area contributed by atoms with Crippen LogP contribution in [0.2, 0.25) is 0 Å². The molecule has 1 saturated heterocycles. The van der Waals surface area contributed by atoms with Gasteiger partial charge in [0.1, 0.15) is 5.82 Å². The first-order valence-electron chi connectivity index (χ1n) is 11.6. The second-order valence-corrected chi connectivity index (χ2v) is 8.97. The van der Waals surface area contributed by atoms with Crippen molar-refractivity contribution in [3.63, 3.8) is 0 Å². The molecular formula is C24H36FN3O2. The highest BCUT2D eigenvalue weighted by Crippen LogP contribution is 2.32. The minimum absolute atomic E-state index is 0.149. The molecule has 2 N–H and O–H groups in total. The number of piperidine rings is 1. The number of carbonyl (C=O) groups excluding carboxylic acids is 2. The van der Waals surface area contributed by atoms with E-state index in [1.165, 1.54) is 44.2 Å². The predicted octanol–water partition coefficient (Wildman–Crippen LogP) is 5.18. The lowest BCUT2D eigenvalue weighted by molar-refractivity contribution is -0.126. The first-order chi connectivity index (χ1) is 14.5. The van der Waals surface area contributed by atoms with Gasteiger partial charge in [0.05, 0.1) is 0 Å². The molecule has 1 aromatic carbocycles. The van der Waals surface area contributed by atoms with Crippen LogP contribution in [-0.4, -0.2) is 36.5 Å². The number of rotatable bonds is 7. The molecule has 0 unspecified atom stereocenters. The molecule has 0 aromatic heterocycles. The number of amides is 3. The molecule has 2 aliphatic rings. The smallest absolute Gasteiger partial charge is 0.321 e. The van der Waals surface area contributed by atoms with Crippen LogP contribution in [0.3, 0.4) is 0 Å². The molecule has 3 rings (SSSR count). The largest absolute Gasteiger partial charge is 0.356 e. The van der Waals surface area contributed by atoms with E-state index in [1.807, 2.05) is 0 Å². The van der Waals surface area contributed by atoms with Gasteiger partial charge in [-0.1, -0.05) is 26.2 Å². The van der Waals surface area contributed by atoms with E-state index in [1.54, 1.807) is 17.0 Å². The molecule has 6 heteroatoms. The summed E-state index contributed by atoms with van der Waals surface area (Å²) in [7, 11) is 0. The molecule has 0 spiro atoms. The summed E-state index contributed by atoms with van der Waals surface area (Å²) in [5, 5.41) is 5.99. The summed E-state index contributed by atoms with van der Waals surface area (Å²) < 4.78 is 13.0. The molecule has 0 radical (unpaired) electrons. The number of benzene rings is 1. The van der Waals surface area contributed by atoms with E-state index in [0.29, 0.717) is 31.2 Å². The number of likely N-dealkylation sites (tertiary alicyclic amines) is 1. The standard InChI is InChI=1S/C24H36FN3O2/c1-2-3-4-18-5-7-20(8-6-18)23(29)26-17-19-13-15-28(16-14-19)24(30)27-22-11-9-21(25)10-12-22/h9-12,18-20H,2-8,13-17H2,1H3,(H,26,29)(H,27,30). The van der Waals surface area contributed by atoms with Crippen LogP contribution in [0.1, 0.15) is 64.7 Å². The van der Waals surface area contributed by atoms with Crippen LogP contribution in [0.15, 0.2) is 24.3 Å². The second-order valence-electron chi connectivity index (χ2n) is 8.97. The number of hydrogen-bond acceptors (Lipinski definition) is 2. The average molecular weight is 418 g/mol. The van der Waals surface area contributed by atoms with Crippen molar-refractivity contribution in [2.45, 2.75) is 64.7 Å². The number of hydrogen-bond donors (Lipinski definition) is 2. The monoisotopic (exact) mass is 417 g/mol. The van der Waals surface area contributed by atoms with E-state index < -0.39 is 0 Å². The Morgan fingerprint density at radius 3 is 2.30 bits per heavy atom. The highest BCUT2D eigenvalue weighted by molar-refractivity contribution is 5.89. The lowest BCUT2D eigenvalue weighted by Crippen LogP contribution is -2.44. The normalized spacial score (nSPS) is 22.5. The van der Waals surface area contributed by atoms with E-state index in [0.717, 1.165) is 31.6 Å². The Morgan fingerprint density at radius 2 is 1.67 bits per heavy atom. The number of halogens is 1. The fraction of sp³-hybridized carbons (Fsp3) is 0.667. The number of nitrogens with zero attached hydrogens (tertiary/aromatic N) is 1. The zero-order valence-corrected chi connectivity index (χ0v) is 18.2. The quantitative estimate of drug-likeness (QED) is 0.642. The number of anilines is 1. The van der Waals surface area contributed by atoms with Gasteiger partial charge in [-0.2, -0.15) is 0 Å². The van der Waals surface area contributed by atoms with Crippen molar-refractivity contribution in [2.24, 2.45) is 17.8 Å². The minimum Gasteiger partial charge on any atom is -0.356 e. The number of unbranched alkanes of at least 4 members (excludes halogenated alkanes) is 1. The Kier molecular flexibility index (Phi) is 8.52. The molecule has 0 bridgehead atoms. The Bertz CT molecular complexity index is 678. The number of urea groups is 1. The number of carbonyl (C=O) groups is 2. The maximum absolute atomic E-state index is 13.0.